The van der Waals surface area contributed by atoms with E-state index in [0.29, 0.717) is 6.61 Å². The minimum Gasteiger partial charge on any atom is -0.493 e. The summed E-state index contributed by atoms with van der Waals surface area (Å²) in [5, 5.41) is 2.03. The van der Waals surface area contributed by atoms with Crippen molar-refractivity contribution in [1.29, 1.82) is 0 Å². The molecule has 0 aliphatic carbocycles. The molecule has 0 saturated heterocycles. The van der Waals surface area contributed by atoms with Crippen LogP contribution in [0, 0.1) is 13.8 Å². The summed E-state index contributed by atoms with van der Waals surface area (Å²) in [5.41, 5.74) is 2.86. The van der Waals surface area contributed by atoms with Crippen molar-refractivity contribution in [2.75, 3.05) is 6.61 Å². The van der Waals surface area contributed by atoms with E-state index in [-0.39, 0.29) is 5.97 Å². The van der Waals surface area contributed by atoms with E-state index in [1.165, 1.54) is 17.3 Å². The lowest BCUT2D eigenvalue weighted by molar-refractivity contribution is -0.156. The van der Waals surface area contributed by atoms with Crippen LogP contribution in [0.2, 0.25) is 0 Å². The molecule has 0 unspecified atom stereocenters. The number of rotatable bonds is 7. The number of aryl methyl sites for hydroxylation is 2. The molecule has 4 nitrogen and oxygen atoms in total. The molecule has 2 rings (SSSR count). The zero-order chi connectivity index (χ0) is 20.2. The van der Waals surface area contributed by atoms with Crippen LogP contribution in [-0.4, -0.2) is 27.9 Å². The van der Waals surface area contributed by atoms with Gasteiger partial charge in [0.1, 0.15) is 16.1 Å². The van der Waals surface area contributed by atoms with Crippen LogP contribution in [-0.2, 0) is 16.0 Å². The summed E-state index contributed by atoms with van der Waals surface area (Å²) < 4.78 is 11.6. The van der Waals surface area contributed by atoms with Gasteiger partial charge >= 0.3 is 5.97 Å². The third kappa shape index (κ3) is 6.85. The number of esters is 1. The highest BCUT2D eigenvalue weighted by atomic mass is 32.2. The maximum absolute atomic E-state index is 12.4. The van der Waals surface area contributed by atoms with E-state index in [1.807, 2.05) is 46.1 Å². The fourth-order valence-electron chi connectivity index (χ4n) is 2.34. The predicted octanol–water partition coefficient (Wildman–Crippen LogP) is 5.59. The molecule has 0 atom stereocenters. The van der Waals surface area contributed by atoms with Crippen LogP contribution in [0.4, 0.5) is 0 Å². The highest BCUT2D eigenvalue weighted by molar-refractivity contribution is 8.03. The Morgan fingerprint density at radius 1 is 1.19 bits per heavy atom. The zero-order valence-corrected chi connectivity index (χ0v) is 18.8. The molecule has 1 aromatic heterocycles. The predicted molar refractivity (Wildman–Crippen MR) is 113 cm³/mol. The van der Waals surface area contributed by atoms with E-state index in [0.717, 1.165) is 27.8 Å². The largest absolute Gasteiger partial charge is 0.493 e. The third-order valence-corrected chi connectivity index (χ3v) is 5.87. The number of carbonyl (C=O) groups excluding carboxylic acids is 1. The zero-order valence-electron chi connectivity index (χ0n) is 17.2. The van der Waals surface area contributed by atoms with Gasteiger partial charge in [-0.25, -0.2) is 4.98 Å². The van der Waals surface area contributed by atoms with Crippen LogP contribution in [0.5, 0.6) is 5.75 Å². The molecule has 0 bridgehead atoms. The summed E-state index contributed by atoms with van der Waals surface area (Å²) >= 11 is 2.99. The molecule has 0 amide bonds. The first-order chi connectivity index (χ1) is 12.5. The van der Waals surface area contributed by atoms with Gasteiger partial charge in [0.2, 0.25) is 0 Å². The Morgan fingerprint density at radius 2 is 1.89 bits per heavy atom. The highest BCUT2D eigenvalue weighted by Gasteiger charge is 2.34. The Balaban J connectivity index is 1.89. The molecule has 6 heteroatoms. The molecule has 1 heterocycles. The minimum absolute atomic E-state index is 0.227. The van der Waals surface area contributed by atoms with Gasteiger partial charge in [-0.05, 0) is 60.1 Å². The minimum atomic E-state index is -0.683. The third-order valence-electron chi connectivity index (χ3n) is 3.71. The molecular formula is C21H29NO3S2. The van der Waals surface area contributed by atoms with Crippen molar-refractivity contribution in [3.8, 4) is 5.75 Å². The smallest absolute Gasteiger partial charge is 0.322 e. The quantitative estimate of drug-likeness (QED) is 0.442. The summed E-state index contributed by atoms with van der Waals surface area (Å²) in [7, 11) is 0. The maximum Gasteiger partial charge on any atom is 0.322 e. The summed E-state index contributed by atoms with van der Waals surface area (Å²) in [4.78, 5) is 17.0. The van der Waals surface area contributed by atoms with Crippen LogP contribution in [0.1, 0.15) is 51.4 Å². The number of ether oxygens (including phenoxy) is 2. The second-order valence-electron chi connectivity index (χ2n) is 8.09. The lowest BCUT2D eigenvalue weighted by Crippen LogP contribution is -2.36. The van der Waals surface area contributed by atoms with Crippen LogP contribution in [0.3, 0.4) is 0 Å². The Kier molecular flexibility index (Phi) is 6.98. The highest BCUT2D eigenvalue weighted by Crippen LogP contribution is 2.36. The number of carbonyl (C=O) groups is 1. The van der Waals surface area contributed by atoms with E-state index in [4.69, 9.17) is 9.47 Å². The number of hydrogen-bond donors (Lipinski definition) is 0. The molecule has 0 aliphatic rings. The van der Waals surface area contributed by atoms with E-state index in [9.17, 15) is 4.79 Å². The summed E-state index contributed by atoms with van der Waals surface area (Å²) in [5.74, 6) is 0.686. The van der Waals surface area contributed by atoms with E-state index < -0.39 is 10.3 Å². The van der Waals surface area contributed by atoms with Crippen molar-refractivity contribution in [2.24, 2.45) is 0 Å². The van der Waals surface area contributed by atoms with Crippen LogP contribution in [0.15, 0.2) is 27.9 Å². The monoisotopic (exact) mass is 407 g/mol. The van der Waals surface area contributed by atoms with Gasteiger partial charge in [-0.15, -0.1) is 11.3 Å². The molecule has 0 spiro atoms. The van der Waals surface area contributed by atoms with Gasteiger partial charge in [0.25, 0.3) is 0 Å². The fourth-order valence-corrected chi connectivity index (χ4v) is 4.60. The van der Waals surface area contributed by atoms with Gasteiger partial charge in [-0.3, -0.25) is 4.79 Å². The lowest BCUT2D eigenvalue weighted by Gasteiger charge is -2.27. The summed E-state index contributed by atoms with van der Waals surface area (Å²) in [6.45, 7) is 14.1. The molecule has 1 aromatic carbocycles. The van der Waals surface area contributed by atoms with Gasteiger partial charge in [-0.2, -0.15) is 0 Å². The second-order valence-corrected chi connectivity index (χ2v) is 10.8. The first-order valence-corrected chi connectivity index (χ1v) is 10.7. The first-order valence-electron chi connectivity index (χ1n) is 9.03. The van der Waals surface area contributed by atoms with Gasteiger partial charge < -0.3 is 9.47 Å². The van der Waals surface area contributed by atoms with Gasteiger partial charge in [-0.1, -0.05) is 29.5 Å². The molecule has 0 fully saturated rings. The van der Waals surface area contributed by atoms with Gasteiger partial charge in [0.05, 0.1) is 12.3 Å². The summed E-state index contributed by atoms with van der Waals surface area (Å²) in [6, 6.07) is 6.18. The van der Waals surface area contributed by atoms with Crippen LogP contribution >= 0.6 is 23.1 Å². The average Bonchev–Trinajstić information content (AvgIpc) is 2.94. The number of benzene rings is 1. The van der Waals surface area contributed by atoms with Crippen molar-refractivity contribution in [3.63, 3.8) is 0 Å². The normalized spacial score (nSPS) is 12.1. The molecule has 148 valence electrons. The Hall–Kier alpha value is -1.53. The van der Waals surface area contributed by atoms with Crippen molar-refractivity contribution >= 4 is 29.1 Å². The van der Waals surface area contributed by atoms with Crippen LogP contribution < -0.4 is 4.74 Å². The number of hydrogen-bond acceptors (Lipinski definition) is 6. The molecule has 0 aliphatic heterocycles. The van der Waals surface area contributed by atoms with Crippen molar-refractivity contribution in [1.82, 2.24) is 4.98 Å². The van der Waals surface area contributed by atoms with Gasteiger partial charge in [0, 0.05) is 11.8 Å². The lowest BCUT2D eigenvalue weighted by atomic mass is 10.1. The molecule has 27 heavy (non-hydrogen) atoms. The van der Waals surface area contributed by atoms with Crippen molar-refractivity contribution in [3.05, 3.63) is 40.4 Å². The number of aromatic nitrogens is 1. The van der Waals surface area contributed by atoms with Crippen molar-refractivity contribution < 1.29 is 14.3 Å². The van der Waals surface area contributed by atoms with Crippen LogP contribution in [0.25, 0.3) is 0 Å². The Bertz CT molecular complexity index is 791. The molecule has 0 N–H and O–H groups in total. The standard InChI is InChI=1S/C21H29NO3S2/c1-14-8-9-17(15(2)12-14)24-11-10-16-13-26-19(22-16)27-21(6,7)18(23)25-20(3,4)5/h8-9,12-13H,10-11H2,1-7H3. The van der Waals surface area contributed by atoms with E-state index >= 15 is 0 Å². The topological polar surface area (TPSA) is 48.4 Å². The van der Waals surface area contributed by atoms with Crippen molar-refractivity contribution in [2.45, 2.75) is 69.6 Å². The molecular weight excluding hydrogens is 378 g/mol. The molecule has 0 saturated carbocycles. The molecule has 0 radical (unpaired) electrons. The number of thiazole rings is 1. The number of nitrogens with zero attached hydrogens (tertiary/aromatic N) is 1. The van der Waals surface area contributed by atoms with Gasteiger partial charge in [0.15, 0.2) is 4.34 Å². The van der Waals surface area contributed by atoms with E-state index in [2.05, 4.69) is 31.0 Å². The fraction of sp³-hybridized carbons (Fsp3) is 0.524. The SMILES string of the molecule is Cc1ccc(OCCc2csc(SC(C)(C)C(=O)OC(C)(C)C)n2)c(C)c1. The average molecular weight is 408 g/mol. The summed E-state index contributed by atoms with van der Waals surface area (Å²) in [6.07, 6.45) is 0.733. The Morgan fingerprint density at radius 3 is 2.52 bits per heavy atom. The first kappa shape index (κ1) is 21.8. The second kappa shape index (κ2) is 8.65. The van der Waals surface area contributed by atoms with E-state index in [1.54, 1.807) is 11.3 Å². The Labute approximate surface area is 170 Å². The molecule has 2 aromatic rings. The number of thioether (sulfide) groups is 1. The maximum atomic E-state index is 12.4.